The van der Waals surface area contributed by atoms with Gasteiger partial charge in [0.15, 0.2) is 10.8 Å². The summed E-state index contributed by atoms with van der Waals surface area (Å²) in [6, 6.07) is 0. The molecule has 0 unspecified atom stereocenters. The molecular weight excluding hydrogens is 173 g/mol. The van der Waals surface area contributed by atoms with E-state index in [2.05, 4.69) is 9.72 Å². The monoisotopic (exact) mass is 177 g/mol. The van der Waals surface area contributed by atoms with Gasteiger partial charge in [0.1, 0.15) is 0 Å². The molecule has 0 saturated carbocycles. The fraction of sp³-hybridized carbons (Fsp3) is 0.167. The molecule has 1 aromatic rings. The topological polar surface area (TPSA) is 42.1 Å². The Kier molecular flexibility index (Phi) is 2.14. The van der Waals surface area contributed by atoms with Gasteiger partial charge in [-0.05, 0) is 0 Å². The van der Waals surface area contributed by atoms with Gasteiger partial charge in [0, 0.05) is 6.20 Å². The van der Waals surface area contributed by atoms with Crippen molar-refractivity contribution in [1.82, 2.24) is 4.98 Å². The Morgan fingerprint density at radius 1 is 1.73 bits per heavy atom. The molecule has 1 heterocycles. The zero-order valence-corrected chi connectivity index (χ0v) is 6.41. The predicted octanol–water partition coefficient (Wildman–Crippen LogP) is 1.18. The second-order valence-electron chi connectivity index (χ2n) is 1.81. The number of hydrogen-bond acceptors (Lipinski definition) is 2. The van der Waals surface area contributed by atoms with Crippen LogP contribution in [0.15, 0.2) is 11.0 Å². The van der Waals surface area contributed by atoms with Crippen LogP contribution in [-0.4, -0.2) is 12.1 Å². The molecule has 1 aromatic heterocycles. The largest absolute Gasteiger partial charge is 0.481 e. The van der Waals surface area contributed by atoms with Crippen molar-refractivity contribution in [2.75, 3.05) is 7.11 Å². The molecule has 1 rings (SSSR count). The summed E-state index contributed by atoms with van der Waals surface area (Å²) < 4.78 is 17.0. The molecule has 0 aliphatic heterocycles. The number of nitrogens with one attached hydrogen (secondary N) is 1. The first-order valence-corrected chi connectivity index (χ1v) is 3.15. The van der Waals surface area contributed by atoms with Gasteiger partial charge in [-0.2, -0.15) is 0 Å². The maximum absolute atomic E-state index is 12.4. The summed E-state index contributed by atoms with van der Waals surface area (Å²) in [4.78, 5) is 13.1. The summed E-state index contributed by atoms with van der Waals surface area (Å²) in [5, 5.41) is -0.271. The van der Waals surface area contributed by atoms with E-state index in [4.69, 9.17) is 11.6 Å². The second kappa shape index (κ2) is 2.92. The third-order valence-corrected chi connectivity index (χ3v) is 1.49. The van der Waals surface area contributed by atoms with Gasteiger partial charge in [0.2, 0.25) is 11.3 Å². The van der Waals surface area contributed by atoms with Crippen LogP contribution < -0.4 is 10.2 Å². The number of ether oxygens (including phenoxy) is 1. The fourth-order valence-corrected chi connectivity index (χ4v) is 0.836. The molecule has 0 saturated heterocycles. The van der Waals surface area contributed by atoms with Gasteiger partial charge >= 0.3 is 0 Å². The molecule has 0 amide bonds. The van der Waals surface area contributed by atoms with Crippen molar-refractivity contribution in [3.8, 4) is 5.88 Å². The van der Waals surface area contributed by atoms with Crippen LogP contribution in [0.5, 0.6) is 5.88 Å². The van der Waals surface area contributed by atoms with E-state index in [9.17, 15) is 9.18 Å². The SMILES string of the molecule is COc1[nH]cc(F)c(=O)c1Cl. The summed E-state index contributed by atoms with van der Waals surface area (Å²) in [7, 11) is 1.33. The maximum atomic E-state index is 12.4. The third-order valence-electron chi connectivity index (χ3n) is 1.15. The van der Waals surface area contributed by atoms with E-state index >= 15 is 0 Å². The van der Waals surface area contributed by atoms with Crippen LogP contribution >= 0.6 is 11.6 Å². The molecule has 1 N–H and O–H groups in total. The summed E-state index contributed by atoms with van der Waals surface area (Å²) in [5.74, 6) is -0.853. The van der Waals surface area contributed by atoms with Crippen LogP contribution in [0.25, 0.3) is 0 Å². The van der Waals surface area contributed by atoms with Gasteiger partial charge in [-0.3, -0.25) is 4.79 Å². The van der Waals surface area contributed by atoms with Crippen LogP contribution in [0.1, 0.15) is 0 Å². The molecule has 0 aliphatic carbocycles. The molecule has 60 valence electrons. The lowest BCUT2D eigenvalue weighted by atomic mass is 10.4. The first-order chi connectivity index (χ1) is 5.16. The zero-order chi connectivity index (χ0) is 8.43. The summed E-state index contributed by atoms with van der Waals surface area (Å²) in [6.45, 7) is 0. The highest BCUT2D eigenvalue weighted by atomic mass is 35.5. The van der Waals surface area contributed by atoms with Crippen LogP contribution in [-0.2, 0) is 0 Å². The quantitative estimate of drug-likeness (QED) is 0.700. The Bertz CT molecular complexity index is 323. The Morgan fingerprint density at radius 3 is 2.91 bits per heavy atom. The molecule has 0 atom stereocenters. The predicted molar refractivity (Wildman–Crippen MR) is 38.6 cm³/mol. The van der Waals surface area contributed by atoms with E-state index in [1.54, 1.807) is 0 Å². The molecule has 0 spiro atoms. The van der Waals surface area contributed by atoms with Gasteiger partial charge in [0.25, 0.3) is 0 Å². The minimum absolute atomic E-state index is 0.0677. The molecule has 0 aromatic carbocycles. The third kappa shape index (κ3) is 1.35. The number of aromatic amines is 1. The molecule has 3 nitrogen and oxygen atoms in total. The Morgan fingerprint density at radius 2 is 2.36 bits per heavy atom. The van der Waals surface area contributed by atoms with Gasteiger partial charge in [-0.1, -0.05) is 11.6 Å². The highest BCUT2D eigenvalue weighted by Crippen LogP contribution is 2.15. The highest BCUT2D eigenvalue weighted by molar-refractivity contribution is 6.31. The average molecular weight is 178 g/mol. The molecule has 0 bridgehead atoms. The minimum atomic E-state index is -0.921. The normalized spacial score (nSPS) is 9.73. The van der Waals surface area contributed by atoms with Crippen molar-refractivity contribution in [1.29, 1.82) is 0 Å². The lowest BCUT2D eigenvalue weighted by Gasteiger charge is -1.99. The van der Waals surface area contributed by atoms with E-state index < -0.39 is 11.2 Å². The zero-order valence-electron chi connectivity index (χ0n) is 5.65. The molecule has 0 aliphatic rings. The van der Waals surface area contributed by atoms with Gasteiger partial charge in [-0.25, -0.2) is 4.39 Å². The van der Waals surface area contributed by atoms with Crippen molar-refractivity contribution in [2.24, 2.45) is 0 Å². The molecule has 5 heteroatoms. The van der Waals surface area contributed by atoms with Crippen LogP contribution in [0, 0.1) is 5.82 Å². The lowest BCUT2D eigenvalue weighted by Crippen LogP contribution is -2.08. The summed E-state index contributed by atoms with van der Waals surface area (Å²) in [6.07, 6.45) is 0.896. The van der Waals surface area contributed by atoms with Crippen molar-refractivity contribution < 1.29 is 9.13 Å². The van der Waals surface area contributed by atoms with Gasteiger partial charge < -0.3 is 9.72 Å². The summed E-state index contributed by atoms with van der Waals surface area (Å²) in [5.41, 5.74) is -0.859. The Labute approximate surface area is 66.8 Å². The van der Waals surface area contributed by atoms with Crippen LogP contribution in [0.2, 0.25) is 5.02 Å². The molecular formula is C6H5ClFNO2. The van der Waals surface area contributed by atoms with E-state index in [-0.39, 0.29) is 10.9 Å². The number of halogens is 2. The van der Waals surface area contributed by atoms with E-state index in [1.807, 2.05) is 0 Å². The fourth-order valence-electron chi connectivity index (χ4n) is 0.614. The highest BCUT2D eigenvalue weighted by Gasteiger charge is 2.08. The molecule has 0 radical (unpaired) electrons. The summed E-state index contributed by atoms with van der Waals surface area (Å²) >= 11 is 5.39. The number of hydrogen-bond donors (Lipinski definition) is 1. The molecule has 0 fully saturated rings. The number of aromatic nitrogens is 1. The van der Waals surface area contributed by atoms with Crippen molar-refractivity contribution in [2.45, 2.75) is 0 Å². The standard InChI is InChI=1S/C6H5ClFNO2/c1-11-6-4(7)5(10)3(8)2-9-6/h2H,1H3,(H,9,10). The van der Waals surface area contributed by atoms with E-state index in [1.165, 1.54) is 7.11 Å². The average Bonchev–Trinajstić information content (AvgIpc) is 2.01. The Hall–Kier alpha value is -1.03. The number of pyridine rings is 1. The van der Waals surface area contributed by atoms with E-state index in [0.717, 1.165) is 6.20 Å². The van der Waals surface area contributed by atoms with Crippen LogP contribution in [0.4, 0.5) is 4.39 Å². The number of H-pyrrole nitrogens is 1. The van der Waals surface area contributed by atoms with Crippen molar-refractivity contribution in [3.63, 3.8) is 0 Å². The van der Waals surface area contributed by atoms with E-state index in [0.29, 0.717) is 0 Å². The van der Waals surface area contributed by atoms with Gasteiger partial charge in [-0.15, -0.1) is 0 Å². The first kappa shape index (κ1) is 8.07. The van der Waals surface area contributed by atoms with Crippen molar-refractivity contribution in [3.05, 3.63) is 27.3 Å². The molecule has 11 heavy (non-hydrogen) atoms. The second-order valence-corrected chi connectivity index (χ2v) is 2.19. The lowest BCUT2D eigenvalue weighted by molar-refractivity contribution is 0.395. The Balaban J connectivity index is 3.37. The first-order valence-electron chi connectivity index (χ1n) is 2.77. The minimum Gasteiger partial charge on any atom is -0.481 e. The van der Waals surface area contributed by atoms with Gasteiger partial charge in [0.05, 0.1) is 7.11 Å². The van der Waals surface area contributed by atoms with Crippen LogP contribution in [0.3, 0.4) is 0 Å². The van der Waals surface area contributed by atoms with Crippen molar-refractivity contribution >= 4 is 11.6 Å². The maximum Gasteiger partial charge on any atom is 0.239 e. The smallest absolute Gasteiger partial charge is 0.239 e. The number of methoxy groups -OCH3 is 1. The number of rotatable bonds is 1.